The van der Waals surface area contributed by atoms with E-state index in [2.05, 4.69) is 31.9 Å². The quantitative estimate of drug-likeness (QED) is 0.569. The molecule has 5 nitrogen and oxygen atoms in total. The zero-order chi connectivity index (χ0) is 13.2. The molecule has 3 aliphatic rings. The zero-order valence-corrected chi connectivity index (χ0v) is 12.4. The minimum absolute atomic E-state index is 0.139. The largest absolute Gasteiger partial charge is 0.480 e. The van der Waals surface area contributed by atoms with Gasteiger partial charge in [0.25, 0.3) is 0 Å². The average Bonchev–Trinajstić information content (AvgIpc) is 2.88. The highest BCUT2D eigenvalue weighted by molar-refractivity contribution is 9.12. The molecule has 2 amide bonds. The molecule has 0 aromatic rings. The number of halogens is 2. The van der Waals surface area contributed by atoms with Gasteiger partial charge in [-0.25, -0.2) is 0 Å². The first-order valence-corrected chi connectivity index (χ1v) is 7.61. The SMILES string of the molecule is O=C(O)CN1C(=O)[C@@H]2[C@@H]3C[C@@H]([C@H](Br)[C@H]3Br)[C@@H]2C1=O. The van der Waals surface area contributed by atoms with Crippen molar-refractivity contribution in [2.75, 3.05) is 6.54 Å². The molecule has 1 N–H and O–H groups in total. The number of rotatable bonds is 2. The molecule has 0 unspecified atom stereocenters. The molecule has 1 saturated heterocycles. The van der Waals surface area contributed by atoms with Gasteiger partial charge in [-0.1, -0.05) is 31.9 Å². The molecule has 3 rings (SSSR count). The molecule has 98 valence electrons. The highest BCUT2D eigenvalue weighted by Crippen LogP contribution is 2.60. The fourth-order valence-corrected chi connectivity index (χ4v) is 5.58. The summed E-state index contributed by atoms with van der Waals surface area (Å²) in [5, 5.41) is 8.76. The Hall–Kier alpha value is -0.430. The smallest absolute Gasteiger partial charge is 0.323 e. The summed E-state index contributed by atoms with van der Waals surface area (Å²) < 4.78 is 0. The second-order valence-corrected chi connectivity index (χ2v) is 7.27. The second-order valence-electron chi connectivity index (χ2n) is 5.16. The van der Waals surface area contributed by atoms with Crippen molar-refractivity contribution in [3.05, 3.63) is 0 Å². The number of carbonyl (C=O) groups excluding carboxylic acids is 2. The van der Waals surface area contributed by atoms with Gasteiger partial charge in [0.05, 0.1) is 11.8 Å². The molecular weight excluding hydrogens is 370 g/mol. The van der Waals surface area contributed by atoms with E-state index in [-0.39, 0.29) is 45.1 Å². The summed E-state index contributed by atoms with van der Waals surface area (Å²) in [5.74, 6) is -2.11. The number of hydrogen-bond acceptors (Lipinski definition) is 3. The number of nitrogens with zero attached hydrogens (tertiary/aromatic N) is 1. The molecule has 1 aliphatic heterocycles. The minimum Gasteiger partial charge on any atom is -0.480 e. The monoisotopic (exact) mass is 379 g/mol. The number of carbonyl (C=O) groups is 3. The molecule has 0 spiro atoms. The first kappa shape index (κ1) is 12.6. The van der Waals surface area contributed by atoms with Gasteiger partial charge >= 0.3 is 5.97 Å². The van der Waals surface area contributed by atoms with Crippen LogP contribution in [0.25, 0.3) is 0 Å². The van der Waals surface area contributed by atoms with Crippen LogP contribution in [0, 0.1) is 23.7 Å². The predicted octanol–water partition coefficient (Wildman–Crippen LogP) is 0.849. The van der Waals surface area contributed by atoms with Gasteiger partial charge in [-0.05, 0) is 18.3 Å². The first-order valence-electron chi connectivity index (χ1n) is 5.78. The van der Waals surface area contributed by atoms with E-state index in [1.807, 2.05) is 0 Å². The van der Waals surface area contributed by atoms with Crippen LogP contribution in [0.1, 0.15) is 6.42 Å². The lowest BCUT2D eigenvalue weighted by molar-refractivity contribution is -0.149. The van der Waals surface area contributed by atoms with Crippen LogP contribution in [0.2, 0.25) is 0 Å². The second kappa shape index (κ2) is 4.03. The van der Waals surface area contributed by atoms with Crippen LogP contribution in [0.3, 0.4) is 0 Å². The van der Waals surface area contributed by atoms with Crippen molar-refractivity contribution in [1.29, 1.82) is 0 Å². The number of imide groups is 1. The van der Waals surface area contributed by atoms with Crippen LogP contribution in [0.4, 0.5) is 0 Å². The maximum Gasteiger partial charge on any atom is 0.323 e. The molecule has 0 aromatic heterocycles. The van der Waals surface area contributed by atoms with Gasteiger partial charge in [-0.2, -0.15) is 0 Å². The van der Waals surface area contributed by atoms with E-state index in [1.54, 1.807) is 0 Å². The summed E-state index contributed by atoms with van der Waals surface area (Å²) in [6, 6.07) is 0. The third-order valence-electron chi connectivity index (χ3n) is 4.37. The third-order valence-corrected chi connectivity index (χ3v) is 7.58. The van der Waals surface area contributed by atoms with Gasteiger partial charge < -0.3 is 5.11 Å². The summed E-state index contributed by atoms with van der Waals surface area (Å²) in [6.45, 7) is -0.510. The summed E-state index contributed by atoms with van der Waals surface area (Å²) in [4.78, 5) is 36.4. The maximum atomic E-state index is 12.2. The van der Waals surface area contributed by atoms with E-state index < -0.39 is 12.5 Å². The normalized spacial score (nSPS) is 45.8. The van der Waals surface area contributed by atoms with Crippen molar-refractivity contribution in [3.63, 3.8) is 0 Å². The fraction of sp³-hybridized carbons (Fsp3) is 0.727. The van der Waals surface area contributed by atoms with Crippen molar-refractivity contribution >= 4 is 49.6 Å². The summed E-state index contributed by atoms with van der Waals surface area (Å²) in [6.07, 6.45) is 0.861. The number of carboxylic acids is 1. The molecule has 0 radical (unpaired) electrons. The number of aliphatic carboxylic acids is 1. The Morgan fingerprint density at radius 3 is 2.00 bits per heavy atom. The van der Waals surface area contributed by atoms with Crippen molar-refractivity contribution in [2.24, 2.45) is 23.7 Å². The van der Waals surface area contributed by atoms with E-state index in [9.17, 15) is 14.4 Å². The number of amides is 2. The van der Waals surface area contributed by atoms with Crippen LogP contribution in [-0.4, -0.2) is 44.0 Å². The lowest BCUT2D eigenvalue weighted by Gasteiger charge is -2.28. The molecule has 6 atom stereocenters. The Balaban J connectivity index is 1.92. The topological polar surface area (TPSA) is 74.7 Å². The van der Waals surface area contributed by atoms with Gasteiger partial charge in [0.15, 0.2) is 0 Å². The Bertz CT molecular complexity index is 422. The lowest BCUT2D eigenvalue weighted by Crippen LogP contribution is -2.37. The van der Waals surface area contributed by atoms with Crippen LogP contribution < -0.4 is 0 Å². The molecule has 2 bridgehead atoms. The van der Waals surface area contributed by atoms with Gasteiger partial charge in [0, 0.05) is 9.65 Å². The van der Waals surface area contributed by atoms with Crippen LogP contribution >= 0.6 is 31.9 Å². The zero-order valence-electron chi connectivity index (χ0n) is 9.25. The van der Waals surface area contributed by atoms with Gasteiger partial charge in [0.2, 0.25) is 11.8 Å². The number of fused-ring (bicyclic) bond motifs is 5. The van der Waals surface area contributed by atoms with Crippen LogP contribution in [0.15, 0.2) is 0 Å². The molecule has 2 aliphatic carbocycles. The molecule has 7 heteroatoms. The van der Waals surface area contributed by atoms with Crippen molar-refractivity contribution in [2.45, 2.75) is 16.1 Å². The minimum atomic E-state index is -1.14. The fourth-order valence-electron chi connectivity index (χ4n) is 3.70. The van der Waals surface area contributed by atoms with Crippen LogP contribution in [0.5, 0.6) is 0 Å². The Labute approximate surface area is 120 Å². The van der Waals surface area contributed by atoms with Crippen molar-refractivity contribution in [1.82, 2.24) is 4.90 Å². The molecule has 18 heavy (non-hydrogen) atoms. The summed E-state index contributed by atoms with van der Waals surface area (Å²) in [7, 11) is 0. The Kier molecular flexibility index (Phi) is 2.82. The lowest BCUT2D eigenvalue weighted by atomic mass is 9.81. The van der Waals surface area contributed by atoms with Gasteiger partial charge in [0.1, 0.15) is 6.54 Å². The van der Waals surface area contributed by atoms with Crippen LogP contribution in [-0.2, 0) is 14.4 Å². The van der Waals surface area contributed by atoms with E-state index >= 15 is 0 Å². The van der Waals surface area contributed by atoms with E-state index in [4.69, 9.17) is 5.11 Å². The maximum absolute atomic E-state index is 12.2. The number of alkyl halides is 2. The number of hydrogen-bond donors (Lipinski definition) is 1. The number of likely N-dealkylation sites (tertiary alicyclic amines) is 1. The van der Waals surface area contributed by atoms with E-state index in [0.29, 0.717) is 0 Å². The van der Waals surface area contributed by atoms with Gasteiger partial charge in [-0.15, -0.1) is 0 Å². The Morgan fingerprint density at radius 2 is 1.61 bits per heavy atom. The molecule has 2 saturated carbocycles. The third kappa shape index (κ3) is 1.46. The first-order chi connectivity index (χ1) is 8.43. The summed E-state index contributed by atoms with van der Waals surface area (Å²) >= 11 is 7.14. The molecular formula is C11H11Br2NO4. The predicted molar refractivity (Wildman–Crippen MR) is 68.4 cm³/mol. The number of carboxylic acid groups (broad SMARTS) is 1. The molecule has 0 aromatic carbocycles. The molecule has 1 heterocycles. The highest BCUT2D eigenvalue weighted by atomic mass is 79.9. The summed E-state index contributed by atoms with van der Waals surface area (Å²) in [5.41, 5.74) is 0. The van der Waals surface area contributed by atoms with E-state index in [0.717, 1.165) is 11.3 Å². The molecule has 3 fully saturated rings. The van der Waals surface area contributed by atoms with E-state index in [1.165, 1.54) is 0 Å². The van der Waals surface area contributed by atoms with Crippen molar-refractivity contribution < 1.29 is 19.5 Å². The standard InChI is InChI=1S/C11H11Br2NO4/c12-8-3-1-4(9(8)13)7-6(3)10(17)14(11(7)18)2-5(15)16/h3-4,6-9H,1-2H2,(H,15,16)/t3-,4+,6+,7-,8-,9-/m0/s1. The Morgan fingerprint density at radius 1 is 1.17 bits per heavy atom. The highest BCUT2D eigenvalue weighted by Gasteiger charge is 2.66. The van der Waals surface area contributed by atoms with Gasteiger partial charge in [-0.3, -0.25) is 19.3 Å². The van der Waals surface area contributed by atoms with Crippen molar-refractivity contribution in [3.8, 4) is 0 Å². The average molecular weight is 381 g/mol.